The number of carbonyl (C=O) groups is 1. The number of nitrogens with zero attached hydrogens (tertiary/aromatic N) is 1. The number of amides is 1. The maximum absolute atomic E-state index is 13.3. The summed E-state index contributed by atoms with van der Waals surface area (Å²) in [6, 6.07) is 6.05. The van der Waals surface area contributed by atoms with Crippen LogP contribution < -0.4 is 5.32 Å². The molecular weight excluding hydrogens is 255 g/mol. The summed E-state index contributed by atoms with van der Waals surface area (Å²) >= 11 is 0. The second-order valence-electron chi connectivity index (χ2n) is 5.93. The van der Waals surface area contributed by atoms with Gasteiger partial charge in [0, 0.05) is 25.2 Å². The van der Waals surface area contributed by atoms with Crippen molar-refractivity contribution in [2.45, 2.75) is 37.6 Å². The Morgan fingerprint density at radius 3 is 2.80 bits per heavy atom. The molecule has 1 aromatic rings. The van der Waals surface area contributed by atoms with Crippen LogP contribution in [-0.4, -0.2) is 36.0 Å². The molecule has 3 nitrogen and oxygen atoms in total. The van der Waals surface area contributed by atoms with E-state index in [0.717, 1.165) is 32.5 Å². The third-order valence-electron chi connectivity index (χ3n) is 4.64. The minimum atomic E-state index is -0.344. The van der Waals surface area contributed by atoms with Crippen molar-refractivity contribution < 1.29 is 9.18 Å². The Labute approximate surface area is 119 Å². The summed E-state index contributed by atoms with van der Waals surface area (Å²) in [7, 11) is 0. The van der Waals surface area contributed by atoms with Crippen molar-refractivity contribution >= 4 is 5.91 Å². The molecule has 1 aliphatic carbocycles. The molecule has 1 amide bonds. The van der Waals surface area contributed by atoms with Crippen molar-refractivity contribution in [2.75, 3.05) is 19.6 Å². The van der Waals surface area contributed by atoms with Crippen molar-refractivity contribution in [3.63, 3.8) is 0 Å². The molecule has 1 aliphatic heterocycles. The number of rotatable bonds is 1. The number of nitrogens with one attached hydrogen (secondary N) is 1. The largest absolute Gasteiger partial charge is 0.330 e. The Bertz CT molecular complexity index is 489. The van der Waals surface area contributed by atoms with E-state index in [0.29, 0.717) is 5.56 Å². The van der Waals surface area contributed by atoms with E-state index in [1.807, 2.05) is 4.90 Å². The van der Waals surface area contributed by atoms with Gasteiger partial charge < -0.3 is 10.2 Å². The molecule has 0 bridgehead atoms. The highest BCUT2D eigenvalue weighted by molar-refractivity contribution is 5.94. The average Bonchev–Trinajstić information content (AvgIpc) is 2.48. The minimum Gasteiger partial charge on any atom is -0.330 e. The van der Waals surface area contributed by atoms with Crippen molar-refractivity contribution in [1.29, 1.82) is 0 Å². The van der Waals surface area contributed by atoms with Gasteiger partial charge in [-0.1, -0.05) is 25.3 Å². The smallest absolute Gasteiger partial charge is 0.254 e. The number of halogens is 1. The lowest BCUT2D eigenvalue weighted by molar-refractivity contribution is 0.0222. The molecule has 2 fully saturated rings. The SMILES string of the molecule is O=C(c1cccc(F)c1)N1CCNCC12CCCCC2. The van der Waals surface area contributed by atoms with Gasteiger partial charge in [-0.05, 0) is 31.0 Å². The van der Waals surface area contributed by atoms with Gasteiger partial charge in [-0.15, -0.1) is 0 Å². The summed E-state index contributed by atoms with van der Waals surface area (Å²) in [5.74, 6) is -0.364. The van der Waals surface area contributed by atoms with E-state index >= 15 is 0 Å². The topological polar surface area (TPSA) is 32.3 Å². The third kappa shape index (κ3) is 2.44. The predicted molar refractivity (Wildman–Crippen MR) is 76.1 cm³/mol. The van der Waals surface area contributed by atoms with Gasteiger partial charge in [0.1, 0.15) is 5.82 Å². The molecule has 1 aromatic carbocycles. The molecule has 0 atom stereocenters. The highest BCUT2D eigenvalue weighted by Gasteiger charge is 2.42. The van der Waals surface area contributed by atoms with Gasteiger partial charge in [0.2, 0.25) is 0 Å². The fourth-order valence-electron chi connectivity index (χ4n) is 3.60. The first-order valence-corrected chi connectivity index (χ1v) is 7.50. The van der Waals surface area contributed by atoms with Gasteiger partial charge in [0.15, 0.2) is 0 Å². The monoisotopic (exact) mass is 276 g/mol. The number of carbonyl (C=O) groups excluding carboxylic acids is 1. The zero-order valence-corrected chi connectivity index (χ0v) is 11.7. The maximum Gasteiger partial charge on any atom is 0.254 e. The highest BCUT2D eigenvalue weighted by Crippen LogP contribution is 2.35. The Morgan fingerprint density at radius 1 is 1.25 bits per heavy atom. The Balaban J connectivity index is 1.87. The average molecular weight is 276 g/mol. The predicted octanol–water partition coefficient (Wildman–Crippen LogP) is 2.57. The van der Waals surface area contributed by atoms with Crippen LogP contribution in [0.5, 0.6) is 0 Å². The molecule has 20 heavy (non-hydrogen) atoms. The van der Waals surface area contributed by atoms with Gasteiger partial charge in [0.25, 0.3) is 5.91 Å². The standard InChI is InChI=1S/C16H21FN2O/c17-14-6-4-5-13(11-14)15(20)19-10-9-18-12-16(19)7-2-1-3-8-16/h4-6,11,18H,1-3,7-10,12H2. The molecule has 0 radical (unpaired) electrons. The summed E-state index contributed by atoms with van der Waals surface area (Å²) in [6.45, 7) is 2.41. The van der Waals surface area contributed by atoms with Crippen LogP contribution in [0.15, 0.2) is 24.3 Å². The Hall–Kier alpha value is -1.42. The molecule has 1 spiro atoms. The van der Waals surface area contributed by atoms with Crippen molar-refractivity contribution in [3.05, 3.63) is 35.6 Å². The Kier molecular flexibility index (Phi) is 3.74. The fourth-order valence-corrected chi connectivity index (χ4v) is 3.60. The van der Waals surface area contributed by atoms with Crippen LogP contribution in [0.25, 0.3) is 0 Å². The minimum absolute atomic E-state index is 0.0205. The zero-order valence-electron chi connectivity index (χ0n) is 11.7. The van der Waals surface area contributed by atoms with Crippen LogP contribution in [0.4, 0.5) is 4.39 Å². The third-order valence-corrected chi connectivity index (χ3v) is 4.64. The summed E-state index contributed by atoms with van der Waals surface area (Å²) in [5.41, 5.74) is 0.414. The lowest BCUT2D eigenvalue weighted by Gasteiger charge is -2.49. The van der Waals surface area contributed by atoms with Crippen LogP contribution in [-0.2, 0) is 0 Å². The first-order valence-electron chi connectivity index (χ1n) is 7.50. The van der Waals surface area contributed by atoms with Crippen LogP contribution in [0.3, 0.4) is 0 Å². The second kappa shape index (κ2) is 5.52. The molecule has 4 heteroatoms. The molecule has 1 N–H and O–H groups in total. The highest BCUT2D eigenvalue weighted by atomic mass is 19.1. The van der Waals surface area contributed by atoms with E-state index in [4.69, 9.17) is 0 Å². The lowest BCUT2D eigenvalue weighted by Crippen LogP contribution is -2.63. The quantitative estimate of drug-likeness (QED) is 0.855. The van der Waals surface area contributed by atoms with Gasteiger partial charge >= 0.3 is 0 Å². The maximum atomic E-state index is 13.3. The van der Waals surface area contributed by atoms with Gasteiger partial charge in [0.05, 0.1) is 5.54 Å². The van der Waals surface area contributed by atoms with Crippen molar-refractivity contribution in [2.24, 2.45) is 0 Å². The first kappa shape index (κ1) is 13.6. The van der Waals surface area contributed by atoms with Gasteiger partial charge in [-0.3, -0.25) is 4.79 Å². The van der Waals surface area contributed by atoms with E-state index in [1.165, 1.54) is 31.4 Å². The van der Waals surface area contributed by atoms with E-state index < -0.39 is 0 Å². The van der Waals surface area contributed by atoms with E-state index in [1.54, 1.807) is 12.1 Å². The fraction of sp³-hybridized carbons (Fsp3) is 0.562. The first-order chi connectivity index (χ1) is 9.71. The number of benzene rings is 1. The van der Waals surface area contributed by atoms with Gasteiger partial charge in [-0.25, -0.2) is 4.39 Å². The molecule has 108 valence electrons. The summed E-state index contributed by atoms with van der Waals surface area (Å²) in [4.78, 5) is 14.8. The number of hydrogen-bond donors (Lipinski definition) is 1. The van der Waals surface area contributed by atoms with Crippen molar-refractivity contribution in [1.82, 2.24) is 10.2 Å². The normalized spacial score (nSPS) is 21.9. The Morgan fingerprint density at radius 2 is 2.05 bits per heavy atom. The zero-order chi connectivity index (χ0) is 14.0. The molecule has 1 saturated carbocycles. The van der Waals surface area contributed by atoms with Crippen LogP contribution in [0, 0.1) is 5.82 Å². The molecule has 1 saturated heterocycles. The van der Waals surface area contributed by atoms with E-state index in [2.05, 4.69) is 5.32 Å². The number of piperazine rings is 1. The second-order valence-corrected chi connectivity index (χ2v) is 5.93. The van der Waals surface area contributed by atoms with E-state index in [9.17, 15) is 9.18 Å². The van der Waals surface area contributed by atoms with Crippen molar-refractivity contribution in [3.8, 4) is 0 Å². The van der Waals surface area contributed by atoms with Crippen LogP contribution >= 0.6 is 0 Å². The van der Waals surface area contributed by atoms with E-state index in [-0.39, 0.29) is 17.3 Å². The lowest BCUT2D eigenvalue weighted by atomic mass is 9.78. The molecule has 2 aliphatic rings. The summed E-state index contributed by atoms with van der Waals surface area (Å²) < 4.78 is 13.3. The molecular formula is C16H21FN2O. The molecule has 0 unspecified atom stereocenters. The molecule has 3 rings (SSSR count). The summed E-state index contributed by atoms with van der Waals surface area (Å²) in [6.07, 6.45) is 5.72. The number of hydrogen-bond acceptors (Lipinski definition) is 2. The molecule has 0 aromatic heterocycles. The van der Waals surface area contributed by atoms with Gasteiger partial charge in [-0.2, -0.15) is 0 Å². The molecule has 1 heterocycles. The van der Waals surface area contributed by atoms with Crippen LogP contribution in [0.2, 0.25) is 0 Å². The van der Waals surface area contributed by atoms with Crippen LogP contribution in [0.1, 0.15) is 42.5 Å². The summed E-state index contributed by atoms with van der Waals surface area (Å²) in [5, 5.41) is 3.43.